The van der Waals surface area contributed by atoms with Crippen LogP contribution in [0.4, 0.5) is 5.69 Å². The predicted molar refractivity (Wildman–Crippen MR) is 114 cm³/mol. The summed E-state index contributed by atoms with van der Waals surface area (Å²) in [6, 6.07) is 8.64. The van der Waals surface area contributed by atoms with Gasteiger partial charge in [0.2, 0.25) is 0 Å². The van der Waals surface area contributed by atoms with Gasteiger partial charge >= 0.3 is 0 Å². The van der Waals surface area contributed by atoms with E-state index in [1.165, 1.54) is 3.97 Å². The molecule has 2 aliphatic heterocycles. The Morgan fingerprint density at radius 2 is 2.03 bits per heavy atom. The fourth-order valence-corrected chi connectivity index (χ4v) is 5.32. The maximum Gasteiger partial charge on any atom is 0.268 e. The van der Waals surface area contributed by atoms with Gasteiger partial charge in [-0.2, -0.15) is 0 Å². The van der Waals surface area contributed by atoms with Gasteiger partial charge in [-0.1, -0.05) is 12.1 Å². The van der Waals surface area contributed by atoms with Gasteiger partial charge < -0.3 is 11.1 Å². The van der Waals surface area contributed by atoms with E-state index in [1.807, 2.05) is 6.07 Å². The van der Waals surface area contributed by atoms with Crippen LogP contribution in [0.25, 0.3) is 16.6 Å². The lowest BCUT2D eigenvalue weighted by Crippen LogP contribution is -2.20. The molecule has 3 aromatic rings. The van der Waals surface area contributed by atoms with Crippen molar-refractivity contribution in [1.82, 2.24) is 14.3 Å². The first-order chi connectivity index (χ1) is 14.0. The Labute approximate surface area is 169 Å². The summed E-state index contributed by atoms with van der Waals surface area (Å²) in [6.45, 7) is 1.63. The van der Waals surface area contributed by atoms with Crippen LogP contribution >= 0.6 is 0 Å². The largest absolute Gasteiger partial charge is 0.387 e. The highest BCUT2D eigenvalue weighted by Gasteiger charge is 2.25. The molecule has 0 spiro atoms. The van der Waals surface area contributed by atoms with Crippen molar-refractivity contribution in [2.24, 2.45) is 10.7 Å². The second kappa shape index (κ2) is 6.82. The number of amidine groups is 1. The lowest BCUT2D eigenvalue weighted by atomic mass is 10.0. The molecular formula is C21H21N5O2S. The summed E-state index contributed by atoms with van der Waals surface area (Å²) in [6.07, 6.45) is 7.79. The van der Waals surface area contributed by atoms with Crippen LogP contribution in [0.1, 0.15) is 24.0 Å². The number of nitrogens with two attached hydrogens (primary N) is 1. The van der Waals surface area contributed by atoms with Crippen LogP contribution < -0.4 is 11.1 Å². The van der Waals surface area contributed by atoms with Crippen LogP contribution in [0.15, 0.2) is 58.7 Å². The van der Waals surface area contributed by atoms with Crippen LogP contribution in [-0.4, -0.2) is 36.3 Å². The van der Waals surface area contributed by atoms with Crippen molar-refractivity contribution in [2.75, 3.05) is 13.1 Å². The van der Waals surface area contributed by atoms with Crippen LogP contribution in [0.5, 0.6) is 0 Å². The quantitative estimate of drug-likeness (QED) is 0.695. The highest BCUT2D eigenvalue weighted by atomic mass is 32.2. The summed E-state index contributed by atoms with van der Waals surface area (Å²) in [5, 5.41) is 3.28. The van der Waals surface area contributed by atoms with E-state index in [9.17, 15) is 8.42 Å². The molecule has 0 fully saturated rings. The van der Waals surface area contributed by atoms with Crippen LogP contribution in [-0.2, 0) is 16.4 Å². The van der Waals surface area contributed by atoms with E-state index in [1.54, 1.807) is 36.7 Å². The minimum Gasteiger partial charge on any atom is -0.387 e. The van der Waals surface area contributed by atoms with Gasteiger partial charge in [-0.3, -0.25) is 4.98 Å². The molecule has 0 atom stereocenters. The molecule has 4 heterocycles. The van der Waals surface area contributed by atoms with Crippen molar-refractivity contribution in [2.45, 2.75) is 24.2 Å². The third kappa shape index (κ3) is 3.04. The maximum absolute atomic E-state index is 13.5. The van der Waals surface area contributed by atoms with Crippen molar-refractivity contribution in [3.05, 3.63) is 59.9 Å². The molecule has 2 aliphatic rings. The Morgan fingerprint density at radius 1 is 1.14 bits per heavy atom. The minimum atomic E-state index is -3.81. The first-order valence-corrected chi connectivity index (χ1v) is 11.1. The average Bonchev–Trinajstić information content (AvgIpc) is 3.14. The number of nitrogens with zero attached hydrogens (tertiary/aromatic N) is 3. The lowest BCUT2D eigenvalue weighted by molar-refractivity contribution is 0.589. The lowest BCUT2D eigenvalue weighted by Gasteiger charge is -2.15. The summed E-state index contributed by atoms with van der Waals surface area (Å²) in [5.74, 6) is 0.530. The molecule has 8 heteroatoms. The third-order valence-corrected chi connectivity index (χ3v) is 7.13. The molecule has 1 aromatic carbocycles. The van der Waals surface area contributed by atoms with E-state index in [-0.39, 0.29) is 4.90 Å². The molecule has 5 rings (SSSR count). The topological polar surface area (TPSA) is 102 Å². The van der Waals surface area contributed by atoms with Gasteiger partial charge in [0.1, 0.15) is 0 Å². The molecule has 0 amide bonds. The van der Waals surface area contributed by atoms with Gasteiger partial charge in [-0.25, -0.2) is 17.4 Å². The normalized spacial score (nSPS) is 17.0. The molecule has 0 saturated heterocycles. The van der Waals surface area contributed by atoms with E-state index in [0.717, 1.165) is 42.6 Å². The smallest absolute Gasteiger partial charge is 0.268 e. The number of aliphatic imine (C=N–C) groups is 1. The Bertz CT molecular complexity index is 1290. The Balaban J connectivity index is 1.68. The van der Waals surface area contributed by atoms with E-state index < -0.39 is 10.0 Å². The first-order valence-electron chi connectivity index (χ1n) is 9.62. The molecule has 7 nitrogen and oxygen atoms in total. The molecule has 0 bridgehead atoms. The predicted octanol–water partition coefficient (Wildman–Crippen LogP) is 2.58. The number of hydrogen-bond acceptors (Lipinski definition) is 6. The number of aryl methyl sites for hydroxylation is 1. The number of nitrogens with one attached hydrogen (secondary N) is 1. The minimum absolute atomic E-state index is 0.196. The number of hydrogen-bond donors (Lipinski definition) is 2. The zero-order chi connectivity index (χ0) is 20.0. The number of benzene rings is 1. The molecule has 0 radical (unpaired) electrons. The van der Waals surface area contributed by atoms with Crippen LogP contribution in [0, 0.1) is 0 Å². The summed E-state index contributed by atoms with van der Waals surface area (Å²) in [4.78, 5) is 9.02. The third-order valence-electron chi connectivity index (χ3n) is 5.46. The Morgan fingerprint density at radius 3 is 2.86 bits per heavy atom. The van der Waals surface area contributed by atoms with Crippen molar-refractivity contribution >= 4 is 38.2 Å². The standard InChI is InChI=1S/C21H21N5O2S/c22-20-6-4-15-3-5-16(12-18(15)25-20)29(27,28)26-13-17(14-7-10-23-11-8-14)21-19(26)2-1-9-24-21/h1-3,5,7,9,12-13,23H,4,6,8,10-11H2,(H2,22,25). The first kappa shape index (κ1) is 18.1. The van der Waals surface area contributed by atoms with Crippen LogP contribution in [0.2, 0.25) is 0 Å². The Kier molecular flexibility index (Phi) is 4.25. The maximum atomic E-state index is 13.5. The van der Waals surface area contributed by atoms with Gasteiger partial charge in [0.05, 0.1) is 27.5 Å². The molecule has 0 saturated carbocycles. The van der Waals surface area contributed by atoms with Gasteiger partial charge in [0.25, 0.3) is 10.0 Å². The summed E-state index contributed by atoms with van der Waals surface area (Å²) in [5.41, 5.74) is 10.8. The molecule has 3 N–H and O–H groups in total. The van der Waals surface area contributed by atoms with Gasteiger partial charge in [0.15, 0.2) is 0 Å². The van der Waals surface area contributed by atoms with Crippen LogP contribution in [0.3, 0.4) is 0 Å². The number of fused-ring (bicyclic) bond motifs is 2. The van der Waals surface area contributed by atoms with Crippen molar-refractivity contribution in [1.29, 1.82) is 0 Å². The van der Waals surface area contributed by atoms with E-state index in [4.69, 9.17) is 5.73 Å². The second-order valence-electron chi connectivity index (χ2n) is 7.29. The van der Waals surface area contributed by atoms with Crippen molar-refractivity contribution in [3.8, 4) is 0 Å². The molecule has 2 aromatic heterocycles. The average molecular weight is 407 g/mol. The SMILES string of the molecule is NC1=Nc2cc(S(=O)(=O)n3cc(C4=CCNCC4)c4ncccc43)ccc2CC1. The molecule has 29 heavy (non-hydrogen) atoms. The zero-order valence-corrected chi connectivity index (χ0v) is 16.6. The van der Waals surface area contributed by atoms with E-state index >= 15 is 0 Å². The monoisotopic (exact) mass is 407 g/mol. The van der Waals surface area contributed by atoms with Gasteiger partial charge in [-0.15, -0.1) is 0 Å². The zero-order valence-electron chi connectivity index (χ0n) is 15.8. The summed E-state index contributed by atoms with van der Waals surface area (Å²) < 4.78 is 28.4. The number of pyridine rings is 1. The van der Waals surface area contributed by atoms with Gasteiger partial charge in [0, 0.05) is 30.9 Å². The van der Waals surface area contributed by atoms with Gasteiger partial charge in [-0.05, 0) is 54.8 Å². The van der Waals surface area contributed by atoms with Crippen molar-refractivity contribution in [3.63, 3.8) is 0 Å². The highest BCUT2D eigenvalue weighted by molar-refractivity contribution is 7.90. The van der Waals surface area contributed by atoms with E-state index in [0.29, 0.717) is 29.0 Å². The fourth-order valence-electron chi connectivity index (χ4n) is 3.94. The molecule has 0 aliphatic carbocycles. The number of rotatable bonds is 3. The number of aromatic nitrogens is 2. The summed E-state index contributed by atoms with van der Waals surface area (Å²) >= 11 is 0. The molecular weight excluding hydrogens is 386 g/mol. The molecule has 0 unspecified atom stereocenters. The molecule has 148 valence electrons. The second-order valence-corrected chi connectivity index (χ2v) is 9.11. The fraction of sp³-hybridized carbons (Fsp3) is 0.238. The van der Waals surface area contributed by atoms with Crippen molar-refractivity contribution < 1.29 is 8.42 Å². The highest BCUT2D eigenvalue weighted by Crippen LogP contribution is 2.33. The Hall–Kier alpha value is -2.97. The summed E-state index contributed by atoms with van der Waals surface area (Å²) in [7, 11) is -3.81. The van der Waals surface area contributed by atoms with E-state index in [2.05, 4.69) is 21.4 Å².